The number of aliphatic hydroxyl groups excluding tert-OH is 1. The van der Waals surface area contributed by atoms with Crippen molar-refractivity contribution in [1.82, 2.24) is 4.90 Å². The maximum Gasteiger partial charge on any atom is 0.573 e. The Bertz CT molecular complexity index is 615. The molecule has 0 spiro atoms. The third-order valence-corrected chi connectivity index (χ3v) is 5.86. The van der Waals surface area contributed by atoms with Gasteiger partial charge in [-0.2, -0.15) is 0 Å². The third-order valence-electron chi connectivity index (χ3n) is 5.86. The van der Waals surface area contributed by atoms with Gasteiger partial charge >= 0.3 is 6.36 Å². The molecule has 0 amide bonds. The van der Waals surface area contributed by atoms with Crippen LogP contribution in [0.5, 0.6) is 5.75 Å². The molecule has 2 N–H and O–H groups in total. The molecule has 1 aliphatic carbocycles. The lowest BCUT2D eigenvalue weighted by Crippen LogP contribution is -2.46. The predicted molar refractivity (Wildman–Crippen MR) is 103 cm³/mol. The van der Waals surface area contributed by atoms with Gasteiger partial charge in [-0.05, 0) is 43.4 Å². The molecule has 0 radical (unpaired) electrons. The van der Waals surface area contributed by atoms with E-state index in [4.69, 9.17) is 0 Å². The first kappa shape index (κ1) is 23.3. The van der Waals surface area contributed by atoms with Gasteiger partial charge in [0.2, 0.25) is 0 Å². The van der Waals surface area contributed by atoms with Crippen LogP contribution in [-0.2, 0) is 0 Å². The topological polar surface area (TPSA) is 52.9 Å². The molecule has 4 nitrogen and oxygen atoms in total. The van der Waals surface area contributed by atoms with Gasteiger partial charge < -0.3 is 19.8 Å². The monoisotopic (exact) mass is 423 g/mol. The number of piperidine rings is 1. The van der Waals surface area contributed by atoms with Crippen molar-refractivity contribution >= 4 is 12.4 Å². The number of halogens is 4. The van der Waals surface area contributed by atoms with E-state index in [0.717, 1.165) is 32.4 Å². The molecule has 0 bridgehead atoms. The van der Waals surface area contributed by atoms with Crippen LogP contribution in [0.3, 0.4) is 0 Å². The Morgan fingerprint density at radius 3 is 2.39 bits per heavy atom. The lowest BCUT2D eigenvalue weighted by atomic mass is 9.72. The summed E-state index contributed by atoms with van der Waals surface area (Å²) >= 11 is 0. The minimum atomic E-state index is -4.74. The van der Waals surface area contributed by atoms with Crippen molar-refractivity contribution in [3.63, 3.8) is 0 Å². The average molecular weight is 424 g/mol. The van der Waals surface area contributed by atoms with E-state index in [9.17, 15) is 23.4 Å². The maximum absolute atomic E-state index is 12.6. The summed E-state index contributed by atoms with van der Waals surface area (Å²) in [5, 5.41) is 21.1. The van der Waals surface area contributed by atoms with E-state index in [1.54, 1.807) is 12.1 Å². The summed E-state index contributed by atoms with van der Waals surface area (Å²) in [4.78, 5) is 2.20. The molecule has 8 heteroatoms. The van der Waals surface area contributed by atoms with E-state index in [-0.39, 0.29) is 30.2 Å². The van der Waals surface area contributed by atoms with Gasteiger partial charge in [-0.15, -0.1) is 25.6 Å². The number of likely N-dealkylation sites (tertiary alicyclic amines) is 1. The van der Waals surface area contributed by atoms with Crippen LogP contribution in [-0.4, -0.2) is 52.8 Å². The molecule has 1 aromatic carbocycles. The quantitative estimate of drug-likeness (QED) is 0.743. The van der Waals surface area contributed by atoms with Crippen LogP contribution in [0.4, 0.5) is 13.2 Å². The molecule has 1 unspecified atom stereocenters. The molecule has 1 heterocycles. The molecule has 1 atom stereocenters. The highest BCUT2D eigenvalue weighted by Crippen LogP contribution is 2.41. The van der Waals surface area contributed by atoms with Crippen LogP contribution in [0.2, 0.25) is 0 Å². The highest BCUT2D eigenvalue weighted by Gasteiger charge is 2.40. The first-order chi connectivity index (χ1) is 12.8. The zero-order valence-electron chi connectivity index (χ0n) is 15.8. The highest BCUT2D eigenvalue weighted by atomic mass is 35.5. The zero-order valence-corrected chi connectivity index (χ0v) is 16.6. The standard InChI is InChI=1S/C20H28F3NO3.ClH/c21-20(22,23)27-17-6-4-5-15(13-17)18(19(26)9-2-1-3-10-19)14-24-11-7-16(25)8-12-24;/h4-6,13,16,18,25-26H,1-3,7-12,14H2;1H. The molecular weight excluding hydrogens is 395 g/mol. The molecule has 1 saturated carbocycles. The Labute approximate surface area is 170 Å². The van der Waals surface area contributed by atoms with Crippen molar-refractivity contribution in [1.29, 1.82) is 0 Å². The van der Waals surface area contributed by atoms with Gasteiger partial charge in [-0.3, -0.25) is 0 Å². The Balaban J connectivity index is 0.00000280. The largest absolute Gasteiger partial charge is 0.573 e. The van der Waals surface area contributed by atoms with E-state index in [0.29, 0.717) is 37.8 Å². The van der Waals surface area contributed by atoms with Crippen molar-refractivity contribution in [3.05, 3.63) is 29.8 Å². The second kappa shape index (κ2) is 9.65. The molecule has 2 aliphatic rings. The molecule has 0 aromatic heterocycles. The molecule has 2 fully saturated rings. The summed E-state index contributed by atoms with van der Waals surface area (Å²) in [6.45, 7) is 2.03. The summed E-state index contributed by atoms with van der Waals surface area (Å²) in [6.07, 6.45) is 0.554. The van der Waals surface area contributed by atoms with Crippen LogP contribution in [0, 0.1) is 0 Å². The number of benzene rings is 1. The Hall–Kier alpha value is -1.02. The number of hydrogen-bond donors (Lipinski definition) is 2. The third kappa shape index (κ3) is 6.24. The van der Waals surface area contributed by atoms with Gasteiger partial charge in [-0.1, -0.05) is 31.4 Å². The number of ether oxygens (including phenoxy) is 1. The summed E-state index contributed by atoms with van der Waals surface area (Å²) < 4.78 is 41.9. The molecule has 1 saturated heterocycles. The summed E-state index contributed by atoms with van der Waals surface area (Å²) in [5.41, 5.74) is -0.252. The average Bonchev–Trinajstić information content (AvgIpc) is 2.60. The normalized spacial score (nSPS) is 22.3. The molecule has 3 rings (SSSR count). The van der Waals surface area contributed by atoms with Crippen LogP contribution < -0.4 is 4.74 Å². The second-order valence-corrected chi connectivity index (χ2v) is 7.87. The number of rotatable bonds is 5. The van der Waals surface area contributed by atoms with Gasteiger partial charge in [0.1, 0.15) is 5.75 Å². The Morgan fingerprint density at radius 2 is 1.79 bits per heavy atom. The fourth-order valence-corrected chi connectivity index (χ4v) is 4.39. The van der Waals surface area contributed by atoms with Crippen LogP contribution in [0.25, 0.3) is 0 Å². The first-order valence-electron chi connectivity index (χ1n) is 9.74. The van der Waals surface area contributed by atoms with E-state index < -0.39 is 12.0 Å². The lowest BCUT2D eigenvalue weighted by molar-refractivity contribution is -0.274. The summed E-state index contributed by atoms with van der Waals surface area (Å²) in [6, 6.07) is 6.02. The van der Waals surface area contributed by atoms with Crippen LogP contribution in [0.1, 0.15) is 56.4 Å². The zero-order chi connectivity index (χ0) is 19.5. The highest BCUT2D eigenvalue weighted by molar-refractivity contribution is 5.85. The van der Waals surface area contributed by atoms with Gasteiger partial charge in [-0.25, -0.2) is 0 Å². The lowest BCUT2D eigenvalue weighted by Gasteiger charge is -2.43. The van der Waals surface area contributed by atoms with Crippen molar-refractivity contribution in [2.45, 2.75) is 68.9 Å². The maximum atomic E-state index is 12.6. The number of nitrogens with zero attached hydrogens (tertiary/aromatic N) is 1. The van der Waals surface area contributed by atoms with Gasteiger partial charge in [0.25, 0.3) is 0 Å². The SMILES string of the molecule is Cl.OC1CCN(CC(c2cccc(OC(F)(F)F)c2)C2(O)CCCCC2)CC1. The van der Waals surface area contributed by atoms with E-state index in [1.165, 1.54) is 12.1 Å². The molecule has 28 heavy (non-hydrogen) atoms. The van der Waals surface area contributed by atoms with E-state index >= 15 is 0 Å². The fourth-order valence-electron chi connectivity index (χ4n) is 4.39. The first-order valence-corrected chi connectivity index (χ1v) is 9.74. The predicted octanol–water partition coefficient (Wildman–Crippen LogP) is 4.24. The van der Waals surface area contributed by atoms with Gasteiger partial charge in [0.05, 0.1) is 11.7 Å². The molecular formula is C20H29ClF3NO3. The van der Waals surface area contributed by atoms with Crippen molar-refractivity contribution < 1.29 is 28.1 Å². The molecule has 1 aromatic rings. The van der Waals surface area contributed by atoms with Gasteiger partial charge in [0, 0.05) is 25.6 Å². The van der Waals surface area contributed by atoms with Crippen molar-refractivity contribution in [3.8, 4) is 5.75 Å². The smallest absolute Gasteiger partial charge is 0.406 e. The Morgan fingerprint density at radius 1 is 1.14 bits per heavy atom. The van der Waals surface area contributed by atoms with Crippen LogP contribution >= 0.6 is 12.4 Å². The van der Waals surface area contributed by atoms with Crippen molar-refractivity contribution in [2.75, 3.05) is 19.6 Å². The van der Waals surface area contributed by atoms with E-state index in [1.807, 2.05) is 0 Å². The summed E-state index contributed by atoms with van der Waals surface area (Å²) in [5.74, 6) is -0.539. The Kier molecular flexibility index (Phi) is 8.02. The minimum absolute atomic E-state index is 0. The molecule has 1 aliphatic heterocycles. The molecule has 160 valence electrons. The number of aliphatic hydroxyl groups is 2. The van der Waals surface area contributed by atoms with Crippen molar-refractivity contribution in [2.24, 2.45) is 0 Å². The fraction of sp³-hybridized carbons (Fsp3) is 0.700. The minimum Gasteiger partial charge on any atom is -0.406 e. The van der Waals surface area contributed by atoms with Gasteiger partial charge in [0.15, 0.2) is 0 Å². The summed E-state index contributed by atoms with van der Waals surface area (Å²) in [7, 11) is 0. The number of alkyl halides is 3. The van der Waals surface area contributed by atoms with E-state index in [2.05, 4.69) is 9.64 Å². The second-order valence-electron chi connectivity index (χ2n) is 7.87. The van der Waals surface area contributed by atoms with Crippen LogP contribution in [0.15, 0.2) is 24.3 Å². The number of hydrogen-bond acceptors (Lipinski definition) is 4.